The largest absolute Gasteiger partial charge is 0.462 e. The highest BCUT2D eigenvalue weighted by molar-refractivity contribution is 5.71. The lowest BCUT2D eigenvalue weighted by atomic mass is 10.0. The lowest BCUT2D eigenvalue weighted by molar-refractivity contribution is -0.167. The molecule has 0 bridgehead atoms. The quantitative estimate of drug-likeness (QED) is 0.0261. The van der Waals surface area contributed by atoms with Crippen LogP contribution in [0.2, 0.25) is 0 Å². The summed E-state index contributed by atoms with van der Waals surface area (Å²) in [6.07, 6.45) is 89.9. The fraction of sp³-hybridized carbons (Fsp3) is 0.740. The maximum Gasteiger partial charge on any atom is 0.306 e. The summed E-state index contributed by atoms with van der Waals surface area (Å²) in [6.45, 7) is 6.52. The van der Waals surface area contributed by atoms with Crippen LogP contribution in [0.1, 0.15) is 329 Å². The summed E-state index contributed by atoms with van der Waals surface area (Å²) < 4.78 is 17.0. The average molecular weight is 1100 g/mol. The van der Waals surface area contributed by atoms with E-state index >= 15 is 0 Å². The van der Waals surface area contributed by atoms with E-state index in [-0.39, 0.29) is 31.1 Å². The van der Waals surface area contributed by atoms with Gasteiger partial charge in [-0.25, -0.2) is 0 Å². The summed E-state index contributed by atoms with van der Waals surface area (Å²) in [5.74, 6) is -0.887. The van der Waals surface area contributed by atoms with Crippen LogP contribution in [0, 0.1) is 0 Å². The molecule has 0 aromatic carbocycles. The standard InChI is InChI=1S/C73H126O6/c1-4-7-10-13-16-19-22-25-27-29-31-33-35-36-38-39-41-43-45-48-51-54-57-60-63-66-72(75)78-69-70(68-77-71(74)65-62-59-56-53-50-47-24-21-18-15-12-9-6-3)79-73(76)67-64-61-58-55-52-49-46-44-42-40-37-34-32-30-28-26-23-20-17-14-11-8-5-2/h7,10,16,19,21,23-27,30-33,36,38,70H,4-6,8-9,11-15,17-18,20,22,28-29,34-35,37,39-69H2,1-3H3/b10-7-,19-16-,24-21-,26-23-,27-25-,32-30-,33-31-,38-36-. The van der Waals surface area contributed by atoms with E-state index in [2.05, 4.69) is 118 Å². The Bertz CT molecular complexity index is 1540. The Morgan fingerprint density at radius 3 is 0.797 bits per heavy atom. The van der Waals surface area contributed by atoms with Crippen molar-refractivity contribution in [3.05, 3.63) is 97.2 Å². The molecule has 0 aliphatic carbocycles. The van der Waals surface area contributed by atoms with E-state index in [1.807, 2.05) is 0 Å². The minimum absolute atomic E-state index is 0.0830. The Hall–Kier alpha value is -3.67. The van der Waals surface area contributed by atoms with Crippen molar-refractivity contribution >= 4 is 17.9 Å². The number of allylic oxidation sites excluding steroid dienone is 16. The van der Waals surface area contributed by atoms with Crippen molar-refractivity contribution in [1.82, 2.24) is 0 Å². The van der Waals surface area contributed by atoms with E-state index in [1.165, 1.54) is 180 Å². The van der Waals surface area contributed by atoms with Crippen molar-refractivity contribution in [1.29, 1.82) is 0 Å². The predicted molar refractivity (Wildman–Crippen MR) is 344 cm³/mol. The molecule has 454 valence electrons. The van der Waals surface area contributed by atoms with E-state index < -0.39 is 6.10 Å². The van der Waals surface area contributed by atoms with Gasteiger partial charge in [-0.15, -0.1) is 0 Å². The molecular weight excluding hydrogens is 973 g/mol. The van der Waals surface area contributed by atoms with Crippen LogP contribution in [-0.4, -0.2) is 37.2 Å². The van der Waals surface area contributed by atoms with Crippen LogP contribution in [0.3, 0.4) is 0 Å². The van der Waals surface area contributed by atoms with Gasteiger partial charge in [0.2, 0.25) is 0 Å². The second-order valence-corrected chi connectivity index (χ2v) is 22.3. The molecule has 6 heteroatoms. The minimum Gasteiger partial charge on any atom is -0.462 e. The molecule has 1 unspecified atom stereocenters. The van der Waals surface area contributed by atoms with Crippen LogP contribution >= 0.6 is 0 Å². The zero-order valence-electron chi connectivity index (χ0n) is 52.1. The second kappa shape index (κ2) is 66.8. The van der Waals surface area contributed by atoms with Crippen LogP contribution in [0.15, 0.2) is 97.2 Å². The van der Waals surface area contributed by atoms with Crippen molar-refractivity contribution in [2.45, 2.75) is 335 Å². The monoisotopic (exact) mass is 1100 g/mol. The molecule has 0 amide bonds. The van der Waals surface area contributed by atoms with E-state index in [4.69, 9.17) is 14.2 Å². The van der Waals surface area contributed by atoms with Crippen molar-refractivity contribution in [3.63, 3.8) is 0 Å². The molecule has 0 N–H and O–H groups in total. The van der Waals surface area contributed by atoms with Gasteiger partial charge < -0.3 is 14.2 Å². The second-order valence-electron chi connectivity index (χ2n) is 22.3. The van der Waals surface area contributed by atoms with Crippen molar-refractivity contribution < 1.29 is 28.6 Å². The minimum atomic E-state index is -0.786. The molecule has 0 spiro atoms. The molecular formula is C73H126O6. The molecule has 0 aliphatic rings. The number of hydrogen-bond acceptors (Lipinski definition) is 6. The lowest BCUT2D eigenvalue weighted by Gasteiger charge is -2.18. The summed E-state index contributed by atoms with van der Waals surface area (Å²) in [5, 5.41) is 0. The van der Waals surface area contributed by atoms with Crippen LogP contribution in [0.5, 0.6) is 0 Å². The number of carbonyl (C=O) groups excluding carboxylic acids is 3. The van der Waals surface area contributed by atoms with Crippen molar-refractivity contribution in [2.75, 3.05) is 13.2 Å². The number of ether oxygens (including phenoxy) is 3. The van der Waals surface area contributed by atoms with Crippen molar-refractivity contribution in [2.24, 2.45) is 0 Å². The molecule has 0 saturated heterocycles. The average Bonchev–Trinajstić information content (AvgIpc) is 3.45. The summed E-state index contributed by atoms with van der Waals surface area (Å²) in [7, 11) is 0. The van der Waals surface area contributed by atoms with Crippen LogP contribution in [0.25, 0.3) is 0 Å². The summed E-state index contributed by atoms with van der Waals surface area (Å²) in [5.41, 5.74) is 0. The third-order valence-corrected chi connectivity index (χ3v) is 14.5. The fourth-order valence-electron chi connectivity index (χ4n) is 9.50. The summed E-state index contributed by atoms with van der Waals surface area (Å²) >= 11 is 0. The van der Waals surface area contributed by atoms with Gasteiger partial charge >= 0.3 is 17.9 Å². The topological polar surface area (TPSA) is 78.9 Å². The van der Waals surface area contributed by atoms with Gasteiger partial charge in [-0.3, -0.25) is 14.4 Å². The Morgan fingerprint density at radius 2 is 0.494 bits per heavy atom. The highest BCUT2D eigenvalue weighted by atomic mass is 16.6. The van der Waals surface area contributed by atoms with E-state index in [0.29, 0.717) is 19.3 Å². The number of hydrogen-bond donors (Lipinski definition) is 0. The SMILES string of the molecule is CC/C=C\C/C=C\C/C=C\C/C=C\C/C=C\CCCCCCCCCCCC(=O)OCC(COC(=O)CCCCCCC/C=C\CCCCCC)OC(=O)CCCCCCCCCCCCC/C=C\C/C=C\CCCCCCC. The first-order chi connectivity index (χ1) is 39.0. The molecule has 0 fully saturated rings. The smallest absolute Gasteiger partial charge is 0.306 e. The van der Waals surface area contributed by atoms with Gasteiger partial charge in [0.1, 0.15) is 13.2 Å². The van der Waals surface area contributed by atoms with E-state index in [9.17, 15) is 14.4 Å². The highest BCUT2D eigenvalue weighted by Crippen LogP contribution is 2.16. The van der Waals surface area contributed by atoms with Crippen LogP contribution in [-0.2, 0) is 28.6 Å². The predicted octanol–water partition coefficient (Wildman–Crippen LogP) is 23.2. The number of esters is 3. The Labute approximate surface area is 489 Å². The molecule has 0 radical (unpaired) electrons. The van der Waals surface area contributed by atoms with Crippen LogP contribution < -0.4 is 0 Å². The summed E-state index contributed by atoms with van der Waals surface area (Å²) in [4.78, 5) is 38.4. The Balaban J connectivity index is 4.33. The van der Waals surface area contributed by atoms with Gasteiger partial charge in [-0.2, -0.15) is 0 Å². The molecule has 1 atom stereocenters. The maximum absolute atomic E-state index is 12.9. The normalized spacial score (nSPS) is 12.7. The molecule has 0 aromatic rings. The third-order valence-electron chi connectivity index (χ3n) is 14.5. The molecule has 0 heterocycles. The number of unbranched alkanes of at least 4 members (excludes halogenated alkanes) is 34. The summed E-state index contributed by atoms with van der Waals surface area (Å²) in [6, 6.07) is 0. The van der Waals surface area contributed by atoms with E-state index in [0.717, 1.165) is 109 Å². The van der Waals surface area contributed by atoms with Gasteiger partial charge in [-0.05, 0) is 122 Å². The number of rotatable bonds is 61. The van der Waals surface area contributed by atoms with E-state index in [1.54, 1.807) is 0 Å². The zero-order valence-corrected chi connectivity index (χ0v) is 52.1. The van der Waals surface area contributed by atoms with Gasteiger partial charge in [0.25, 0.3) is 0 Å². The first kappa shape index (κ1) is 75.3. The Kier molecular flexibility index (Phi) is 63.7. The van der Waals surface area contributed by atoms with Gasteiger partial charge in [0, 0.05) is 19.3 Å². The molecule has 0 saturated carbocycles. The number of carbonyl (C=O) groups is 3. The fourth-order valence-corrected chi connectivity index (χ4v) is 9.50. The van der Waals surface area contributed by atoms with Gasteiger partial charge in [0.05, 0.1) is 0 Å². The first-order valence-electron chi connectivity index (χ1n) is 33.7. The molecule has 79 heavy (non-hydrogen) atoms. The first-order valence-corrected chi connectivity index (χ1v) is 33.7. The molecule has 0 rings (SSSR count). The van der Waals surface area contributed by atoms with Gasteiger partial charge in [-0.1, -0.05) is 285 Å². The van der Waals surface area contributed by atoms with Crippen LogP contribution in [0.4, 0.5) is 0 Å². The maximum atomic E-state index is 12.9. The third kappa shape index (κ3) is 65.0. The lowest BCUT2D eigenvalue weighted by Crippen LogP contribution is -2.30. The molecule has 0 aromatic heterocycles. The molecule has 0 aliphatic heterocycles. The zero-order chi connectivity index (χ0) is 57.1. The molecule has 6 nitrogen and oxygen atoms in total. The Morgan fingerprint density at radius 1 is 0.266 bits per heavy atom. The highest BCUT2D eigenvalue weighted by Gasteiger charge is 2.19. The van der Waals surface area contributed by atoms with Crippen molar-refractivity contribution in [3.8, 4) is 0 Å². The van der Waals surface area contributed by atoms with Gasteiger partial charge in [0.15, 0.2) is 6.10 Å².